The molecule has 0 radical (unpaired) electrons. The summed E-state index contributed by atoms with van der Waals surface area (Å²) in [5.74, 6) is 1.72. The Hall–Kier alpha value is -0.960. The number of hydrogen-bond donors (Lipinski definition) is 1. The third kappa shape index (κ3) is 3.42. The predicted octanol–water partition coefficient (Wildman–Crippen LogP) is 3.00. The van der Waals surface area contributed by atoms with Crippen molar-refractivity contribution < 1.29 is 4.79 Å². The molecule has 2 nitrogen and oxygen atoms in total. The Kier molecular flexibility index (Phi) is 4.53. The highest BCUT2D eigenvalue weighted by atomic mass is 32.2. The number of rotatable bonds is 5. The number of hydrogen-bond acceptors (Lipinski definition) is 2. The number of carbonyl (C=O) groups excluding carboxylic acids is 1. The highest BCUT2D eigenvalue weighted by Gasteiger charge is 2.02. The molecular weight excluding hydrogens is 194 g/mol. The smallest absolute Gasteiger partial charge is 0.211 e. The van der Waals surface area contributed by atoms with Gasteiger partial charge in [-0.1, -0.05) is 26.0 Å². The maximum absolute atomic E-state index is 10.3. The minimum atomic E-state index is 0.657. The van der Waals surface area contributed by atoms with E-state index in [1.165, 1.54) is 0 Å². The van der Waals surface area contributed by atoms with Gasteiger partial charge in [0.25, 0.3) is 0 Å². The van der Waals surface area contributed by atoms with Crippen molar-refractivity contribution in [1.29, 1.82) is 0 Å². The van der Waals surface area contributed by atoms with E-state index in [9.17, 15) is 4.79 Å². The zero-order valence-electron chi connectivity index (χ0n) is 8.49. The summed E-state index contributed by atoms with van der Waals surface area (Å²) in [5, 5.41) is 2.70. The molecule has 1 rings (SSSR count). The average molecular weight is 209 g/mol. The number of nitrogens with one attached hydrogen (secondary N) is 1. The van der Waals surface area contributed by atoms with Gasteiger partial charge in [0.05, 0.1) is 5.69 Å². The fraction of sp³-hybridized carbons (Fsp3) is 0.364. The monoisotopic (exact) mass is 209 g/mol. The van der Waals surface area contributed by atoms with Gasteiger partial charge in [0.2, 0.25) is 6.41 Å². The molecule has 0 aromatic heterocycles. The molecule has 0 fully saturated rings. The van der Waals surface area contributed by atoms with E-state index in [0.717, 1.165) is 22.7 Å². The van der Waals surface area contributed by atoms with Crippen molar-refractivity contribution in [2.75, 3.05) is 11.1 Å². The molecule has 0 heterocycles. The van der Waals surface area contributed by atoms with E-state index < -0.39 is 0 Å². The first kappa shape index (κ1) is 11.1. The molecule has 76 valence electrons. The lowest BCUT2D eigenvalue weighted by molar-refractivity contribution is -0.105. The lowest BCUT2D eigenvalue weighted by atomic mass is 10.3. The van der Waals surface area contributed by atoms with E-state index in [4.69, 9.17) is 0 Å². The van der Waals surface area contributed by atoms with Gasteiger partial charge in [0.1, 0.15) is 0 Å². The molecular formula is C11H15NOS. The van der Waals surface area contributed by atoms with Crippen LogP contribution in [-0.2, 0) is 4.79 Å². The van der Waals surface area contributed by atoms with Crippen LogP contribution < -0.4 is 5.32 Å². The SMILES string of the molecule is CC(C)CSc1ccccc1NC=O. The first-order valence-electron chi connectivity index (χ1n) is 4.66. The van der Waals surface area contributed by atoms with Gasteiger partial charge in [-0.25, -0.2) is 0 Å². The van der Waals surface area contributed by atoms with Crippen LogP contribution in [0.2, 0.25) is 0 Å². The number of thioether (sulfide) groups is 1. The number of benzene rings is 1. The molecule has 1 aromatic carbocycles. The van der Waals surface area contributed by atoms with Gasteiger partial charge >= 0.3 is 0 Å². The molecule has 0 saturated carbocycles. The van der Waals surface area contributed by atoms with E-state index in [0.29, 0.717) is 5.92 Å². The second-order valence-corrected chi connectivity index (χ2v) is 4.53. The average Bonchev–Trinajstić information content (AvgIpc) is 2.17. The van der Waals surface area contributed by atoms with Crippen LogP contribution >= 0.6 is 11.8 Å². The van der Waals surface area contributed by atoms with Gasteiger partial charge in [-0.3, -0.25) is 4.79 Å². The second-order valence-electron chi connectivity index (χ2n) is 3.46. The third-order valence-corrected chi connectivity index (χ3v) is 3.17. The summed E-state index contributed by atoms with van der Waals surface area (Å²) in [7, 11) is 0. The lowest BCUT2D eigenvalue weighted by Crippen LogP contribution is -1.97. The largest absolute Gasteiger partial charge is 0.328 e. The maximum Gasteiger partial charge on any atom is 0.211 e. The molecule has 0 aliphatic heterocycles. The number of anilines is 1. The van der Waals surface area contributed by atoms with Gasteiger partial charge < -0.3 is 5.32 Å². The van der Waals surface area contributed by atoms with Gasteiger partial charge in [-0.15, -0.1) is 11.8 Å². The third-order valence-electron chi connectivity index (χ3n) is 1.67. The zero-order valence-corrected chi connectivity index (χ0v) is 9.30. The fourth-order valence-electron chi connectivity index (χ4n) is 1.03. The minimum absolute atomic E-state index is 0.657. The van der Waals surface area contributed by atoms with Crippen molar-refractivity contribution in [3.8, 4) is 0 Å². The van der Waals surface area contributed by atoms with Gasteiger partial charge in [0.15, 0.2) is 0 Å². The fourth-order valence-corrected chi connectivity index (χ4v) is 2.00. The van der Waals surface area contributed by atoms with Crippen molar-refractivity contribution >= 4 is 23.9 Å². The molecule has 0 aliphatic rings. The van der Waals surface area contributed by atoms with Crippen LogP contribution in [0.1, 0.15) is 13.8 Å². The molecule has 0 atom stereocenters. The van der Waals surface area contributed by atoms with Crippen molar-refractivity contribution in [2.24, 2.45) is 5.92 Å². The predicted molar refractivity (Wildman–Crippen MR) is 61.7 cm³/mol. The summed E-state index contributed by atoms with van der Waals surface area (Å²) in [6, 6.07) is 7.85. The molecule has 1 N–H and O–H groups in total. The maximum atomic E-state index is 10.3. The van der Waals surface area contributed by atoms with Gasteiger partial charge in [-0.05, 0) is 18.1 Å². The summed E-state index contributed by atoms with van der Waals surface area (Å²) in [6.45, 7) is 4.37. The Labute approximate surface area is 89.1 Å². The van der Waals surface area contributed by atoms with E-state index in [1.807, 2.05) is 24.3 Å². The van der Waals surface area contributed by atoms with Crippen LogP contribution in [0.3, 0.4) is 0 Å². The normalized spacial score (nSPS) is 10.2. The molecule has 0 spiro atoms. The molecule has 0 bridgehead atoms. The quantitative estimate of drug-likeness (QED) is 0.596. The highest BCUT2D eigenvalue weighted by Crippen LogP contribution is 2.27. The van der Waals surface area contributed by atoms with E-state index >= 15 is 0 Å². The number of para-hydroxylation sites is 1. The standard InChI is InChI=1S/C11H15NOS/c1-9(2)7-14-11-6-4-3-5-10(11)12-8-13/h3-6,8-9H,7H2,1-2H3,(H,12,13). The first-order chi connectivity index (χ1) is 6.74. The van der Waals surface area contributed by atoms with E-state index in [-0.39, 0.29) is 0 Å². The Morgan fingerprint density at radius 1 is 1.43 bits per heavy atom. The summed E-state index contributed by atoms with van der Waals surface area (Å²) in [4.78, 5) is 11.5. The van der Waals surface area contributed by atoms with Crippen LogP contribution in [-0.4, -0.2) is 12.2 Å². The van der Waals surface area contributed by atoms with Crippen LogP contribution in [0.5, 0.6) is 0 Å². The number of amides is 1. The van der Waals surface area contributed by atoms with Crippen molar-refractivity contribution in [2.45, 2.75) is 18.7 Å². The van der Waals surface area contributed by atoms with Crippen LogP contribution in [0.15, 0.2) is 29.2 Å². The Balaban J connectivity index is 2.68. The Morgan fingerprint density at radius 2 is 2.14 bits per heavy atom. The highest BCUT2D eigenvalue weighted by molar-refractivity contribution is 7.99. The molecule has 0 aliphatic carbocycles. The van der Waals surface area contributed by atoms with Crippen molar-refractivity contribution in [3.05, 3.63) is 24.3 Å². The second kappa shape index (κ2) is 5.70. The zero-order chi connectivity index (χ0) is 10.4. The first-order valence-corrected chi connectivity index (χ1v) is 5.64. The van der Waals surface area contributed by atoms with E-state index in [1.54, 1.807) is 11.8 Å². The topological polar surface area (TPSA) is 29.1 Å². The van der Waals surface area contributed by atoms with Crippen LogP contribution in [0.4, 0.5) is 5.69 Å². The summed E-state index contributed by atoms with van der Waals surface area (Å²) < 4.78 is 0. The minimum Gasteiger partial charge on any atom is -0.328 e. The molecule has 14 heavy (non-hydrogen) atoms. The molecule has 0 unspecified atom stereocenters. The summed E-state index contributed by atoms with van der Waals surface area (Å²) >= 11 is 1.77. The number of carbonyl (C=O) groups is 1. The van der Waals surface area contributed by atoms with Gasteiger partial charge in [-0.2, -0.15) is 0 Å². The lowest BCUT2D eigenvalue weighted by Gasteiger charge is -2.08. The molecule has 1 amide bonds. The van der Waals surface area contributed by atoms with Crippen LogP contribution in [0.25, 0.3) is 0 Å². The van der Waals surface area contributed by atoms with Gasteiger partial charge in [0, 0.05) is 10.6 Å². The Morgan fingerprint density at radius 3 is 2.79 bits per heavy atom. The Bertz CT molecular complexity index is 299. The summed E-state index contributed by atoms with van der Waals surface area (Å²) in [5.41, 5.74) is 0.896. The molecule has 1 aromatic rings. The van der Waals surface area contributed by atoms with Crippen LogP contribution in [0, 0.1) is 5.92 Å². The van der Waals surface area contributed by atoms with Crippen molar-refractivity contribution in [3.63, 3.8) is 0 Å². The van der Waals surface area contributed by atoms with Crippen molar-refractivity contribution in [1.82, 2.24) is 0 Å². The molecule has 3 heteroatoms. The van der Waals surface area contributed by atoms with E-state index in [2.05, 4.69) is 19.2 Å². The molecule has 0 saturated heterocycles. The summed E-state index contributed by atoms with van der Waals surface area (Å²) in [6.07, 6.45) is 0.717.